The van der Waals surface area contributed by atoms with E-state index in [1.165, 1.54) is 18.3 Å². The maximum Gasteiger partial charge on any atom is 0.274 e. The number of rotatable bonds is 4. The van der Waals surface area contributed by atoms with Gasteiger partial charge in [-0.15, -0.1) is 0 Å². The second-order valence-electron chi connectivity index (χ2n) is 5.48. The average Bonchev–Trinajstić information content (AvgIpc) is 2.60. The Balaban J connectivity index is 1.77. The fourth-order valence-corrected chi connectivity index (χ4v) is 2.42. The van der Waals surface area contributed by atoms with Gasteiger partial charge in [-0.3, -0.25) is 9.78 Å². The van der Waals surface area contributed by atoms with Crippen LogP contribution in [0.4, 0.5) is 21.5 Å². The Labute approximate surface area is 149 Å². The molecule has 4 nitrogen and oxygen atoms in total. The number of hydrogen-bond donors (Lipinski definition) is 2. The smallest absolute Gasteiger partial charge is 0.274 e. The quantitative estimate of drug-likeness (QED) is 0.678. The summed E-state index contributed by atoms with van der Waals surface area (Å²) >= 11 is 5.97. The third-order valence-corrected chi connectivity index (χ3v) is 3.81. The maximum absolute atomic E-state index is 13.0. The molecule has 0 aliphatic heterocycles. The Morgan fingerprint density at radius 1 is 1.04 bits per heavy atom. The van der Waals surface area contributed by atoms with Crippen LogP contribution in [0.5, 0.6) is 0 Å². The first-order valence-electron chi connectivity index (χ1n) is 7.57. The summed E-state index contributed by atoms with van der Waals surface area (Å²) in [5.74, 6) is -0.648. The summed E-state index contributed by atoms with van der Waals surface area (Å²) in [6.07, 6.45) is 1.53. The first-order chi connectivity index (χ1) is 12.0. The Hall–Kier alpha value is -2.92. The van der Waals surface area contributed by atoms with Crippen molar-refractivity contribution in [3.8, 4) is 0 Å². The fourth-order valence-electron chi connectivity index (χ4n) is 2.25. The van der Waals surface area contributed by atoms with Gasteiger partial charge in [0.1, 0.15) is 11.5 Å². The van der Waals surface area contributed by atoms with E-state index in [0.717, 1.165) is 5.56 Å². The Bertz CT molecular complexity index is 913. The lowest BCUT2D eigenvalue weighted by Crippen LogP contribution is -2.14. The highest BCUT2D eigenvalue weighted by Crippen LogP contribution is 2.22. The molecule has 3 rings (SSSR count). The minimum absolute atomic E-state index is 0.256. The molecule has 1 amide bonds. The summed E-state index contributed by atoms with van der Waals surface area (Å²) in [4.78, 5) is 16.5. The topological polar surface area (TPSA) is 54.0 Å². The predicted molar refractivity (Wildman–Crippen MR) is 98.1 cm³/mol. The van der Waals surface area contributed by atoms with Crippen molar-refractivity contribution in [2.24, 2.45) is 0 Å². The number of anilines is 3. The van der Waals surface area contributed by atoms with Crippen molar-refractivity contribution in [3.05, 3.63) is 82.9 Å². The lowest BCUT2D eigenvalue weighted by atomic mass is 10.2. The van der Waals surface area contributed by atoms with Crippen LogP contribution in [0.2, 0.25) is 5.02 Å². The Kier molecular flexibility index (Phi) is 4.95. The number of amides is 1. The molecule has 0 aliphatic carbocycles. The number of carbonyl (C=O) groups is 1. The van der Waals surface area contributed by atoms with Gasteiger partial charge in [-0.05, 0) is 61.0 Å². The van der Waals surface area contributed by atoms with Gasteiger partial charge in [0.2, 0.25) is 0 Å². The van der Waals surface area contributed by atoms with E-state index in [4.69, 9.17) is 11.6 Å². The number of nitrogens with zero attached hydrogens (tertiary/aromatic N) is 1. The van der Waals surface area contributed by atoms with Crippen LogP contribution >= 0.6 is 11.6 Å². The largest absolute Gasteiger partial charge is 0.355 e. The molecule has 0 atom stereocenters. The number of pyridine rings is 1. The third-order valence-electron chi connectivity index (χ3n) is 3.57. The van der Waals surface area contributed by atoms with Crippen LogP contribution in [0.1, 0.15) is 16.1 Å². The van der Waals surface area contributed by atoms with Crippen molar-refractivity contribution >= 4 is 34.6 Å². The van der Waals surface area contributed by atoms with Gasteiger partial charge < -0.3 is 10.6 Å². The number of aryl methyl sites for hydroxylation is 1. The van der Waals surface area contributed by atoms with Crippen LogP contribution in [-0.4, -0.2) is 10.9 Å². The summed E-state index contributed by atoms with van der Waals surface area (Å²) in [6, 6.07) is 14.6. The first-order valence-corrected chi connectivity index (χ1v) is 7.95. The molecule has 0 fully saturated rings. The van der Waals surface area contributed by atoms with Gasteiger partial charge in [0.05, 0.1) is 0 Å². The molecule has 0 saturated heterocycles. The summed E-state index contributed by atoms with van der Waals surface area (Å²) in [5, 5.41) is 6.45. The molecule has 1 heterocycles. The molecule has 0 bridgehead atoms. The molecule has 0 radical (unpaired) electrons. The molecule has 2 aromatic carbocycles. The Morgan fingerprint density at radius 2 is 1.80 bits per heavy atom. The van der Waals surface area contributed by atoms with E-state index in [2.05, 4.69) is 15.6 Å². The van der Waals surface area contributed by atoms with Crippen molar-refractivity contribution in [2.45, 2.75) is 6.92 Å². The van der Waals surface area contributed by atoms with Gasteiger partial charge in [0.15, 0.2) is 0 Å². The average molecular weight is 356 g/mol. The van der Waals surface area contributed by atoms with Crippen LogP contribution < -0.4 is 10.6 Å². The van der Waals surface area contributed by atoms with Crippen LogP contribution in [0.25, 0.3) is 0 Å². The van der Waals surface area contributed by atoms with Crippen molar-refractivity contribution in [1.82, 2.24) is 4.98 Å². The molecule has 0 aliphatic rings. The van der Waals surface area contributed by atoms with E-state index in [1.807, 2.05) is 13.0 Å². The second-order valence-corrected chi connectivity index (χ2v) is 5.91. The number of benzene rings is 2. The van der Waals surface area contributed by atoms with Gasteiger partial charge in [-0.1, -0.05) is 17.7 Å². The van der Waals surface area contributed by atoms with Gasteiger partial charge >= 0.3 is 0 Å². The summed E-state index contributed by atoms with van der Waals surface area (Å²) < 4.78 is 13.0. The third kappa shape index (κ3) is 4.33. The van der Waals surface area contributed by atoms with E-state index in [-0.39, 0.29) is 17.4 Å². The monoisotopic (exact) mass is 355 g/mol. The van der Waals surface area contributed by atoms with E-state index in [1.54, 1.807) is 36.4 Å². The van der Waals surface area contributed by atoms with Gasteiger partial charge in [0, 0.05) is 28.3 Å². The minimum Gasteiger partial charge on any atom is -0.355 e. The Morgan fingerprint density at radius 3 is 2.56 bits per heavy atom. The first kappa shape index (κ1) is 16.9. The van der Waals surface area contributed by atoms with E-state index < -0.39 is 0 Å². The highest BCUT2D eigenvalue weighted by atomic mass is 35.5. The highest BCUT2D eigenvalue weighted by molar-refractivity contribution is 6.31. The summed E-state index contributed by atoms with van der Waals surface area (Å²) in [5.41, 5.74) is 3.18. The SMILES string of the molecule is Cc1ccc(Cl)cc1NC(=O)c1cc(Nc2ccc(F)cc2)ccn1. The molecule has 0 saturated carbocycles. The highest BCUT2D eigenvalue weighted by Gasteiger charge is 2.10. The molecular weight excluding hydrogens is 341 g/mol. The van der Waals surface area contributed by atoms with Gasteiger partial charge in [-0.25, -0.2) is 4.39 Å². The van der Waals surface area contributed by atoms with Crippen molar-refractivity contribution in [3.63, 3.8) is 0 Å². The zero-order valence-corrected chi connectivity index (χ0v) is 14.1. The van der Waals surface area contributed by atoms with Crippen LogP contribution in [0, 0.1) is 12.7 Å². The second kappa shape index (κ2) is 7.32. The molecule has 1 aromatic heterocycles. The predicted octanol–water partition coefficient (Wildman–Crippen LogP) is 5.18. The number of aromatic nitrogens is 1. The maximum atomic E-state index is 13.0. The molecule has 2 N–H and O–H groups in total. The molecule has 6 heteroatoms. The minimum atomic E-state index is -0.340. The van der Waals surface area contributed by atoms with E-state index >= 15 is 0 Å². The molecule has 0 spiro atoms. The zero-order valence-electron chi connectivity index (χ0n) is 13.4. The standard InChI is InChI=1S/C19H15ClFN3O/c1-12-2-3-13(20)10-17(12)24-19(25)18-11-16(8-9-22-18)23-15-6-4-14(21)5-7-15/h2-11H,1H3,(H,22,23)(H,24,25). The van der Waals surface area contributed by atoms with Crippen molar-refractivity contribution < 1.29 is 9.18 Å². The fraction of sp³-hybridized carbons (Fsp3) is 0.0526. The molecule has 3 aromatic rings. The zero-order chi connectivity index (χ0) is 17.8. The number of halogens is 2. The molecular formula is C19H15ClFN3O. The number of hydrogen-bond acceptors (Lipinski definition) is 3. The number of carbonyl (C=O) groups excluding carboxylic acids is 1. The van der Waals surface area contributed by atoms with Crippen molar-refractivity contribution in [1.29, 1.82) is 0 Å². The summed E-state index contributed by atoms with van der Waals surface area (Å²) in [6.45, 7) is 1.88. The lowest BCUT2D eigenvalue weighted by molar-refractivity contribution is 0.102. The van der Waals surface area contributed by atoms with Crippen LogP contribution in [-0.2, 0) is 0 Å². The van der Waals surface area contributed by atoms with Crippen LogP contribution in [0.3, 0.4) is 0 Å². The van der Waals surface area contributed by atoms with Crippen molar-refractivity contribution in [2.75, 3.05) is 10.6 Å². The lowest BCUT2D eigenvalue weighted by Gasteiger charge is -2.10. The molecule has 25 heavy (non-hydrogen) atoms. The molecule has 0 unspecified atom stereocenters. The molecule has 126 valence electrons. The number of nitrogens with one attached hydrogen (secondary N) is 2. The van der Waals surface area contributed by atoms with E-state index in [0.29, 0.717) is 22.1 Å². The van der Waals surface area contributed by atoms with E-state index in [9.17, 15) is 9.18 Å². The van der Waals surface area contributed by atoms with Gasteiger partial charge in [0.25, 0.3) is 5.91 Å². The van der Waals surface area contributed by atoms with Crippen LogP contribution in [0.15, 0.2) is 60.8 Å². The van der Waals surface area contributed by atoms with Gasteiger partial charge in [-0.2, -0.15) is 0 Å². The normalized spacial score (nSPS) is 10.4. The summed E-state index contributed by atoms with van der Waals surface area (Å²) in [7, 11) is 0.